The van der Waals surface area contributed by atoms with Crippen molar-refractivity contribution in [2.24, 2.45) is 5.73 Å². The van der Waals surface area contributed by atoms with Gasteiger partial charge in [-0.25, -0.2) is 0 Å². The molecule has 2 heterocycles. The second-order valence-corrected chi connectivity index (χ2v) is 6.48. The number of nitrogens with zero attached hydrogens (tertiary/aromatic N) is 2. The summed E-state index contributed by atoms with van der Waals surface area (Å²) >= 11 is 0. The molecule has 0 unspecified atom stereocenters. The maximum atomic E-state index is 6.01. The molecular weight excluding hydrogens is 238 g/mol. The molecule has 4 heteroatoms. The molecule has 2 aliphatic heterocycles. The summed E-state index contributed by atoms with van der Waals surface area (Å²) in [5.41, 5.74) is 6.01. The van der Waals surface area contributed by atoms with Crippen molar-refractivity contribution < 1.29 is 4.74 Å². The van der Waals surface area contributed by atoms with E-state index in [2.05, 4.69) is 9.80 Å². The van der Waals surface area contributed by atoms with Crippen LogP contribution in [0.5, 0.6) is 0 Å². The first-order chi connectivity index (χ1) is 9.33. The average Bonchev–Trinajstić information content (AvgIpc) is 2.49. The Labute approximate surface area is 117 Å². The van der Waals surface area contributed by atoms with E-state index in [1.165, 1.54) is 64.7 Å². The minimum absolute atomic E-state index is 0.472. The highest BCUT2D eigenvalue weighted by atomic mass is 16.5. The molecular formula is C15H29N3O. The second-order valence-electron chi connectivity index (χ2n) is 6.48. The Morgan fingerprint density at radius 3 is 1.68 bits per heavy atom. The SMILES string of the molecule is NC1CCC(N2CCN(C3CCOCC3)CC2)CC1. The number of rotatable bonds is 2. The third-order valence-electron chi connectivity index (χ3n) is 5.31. The Morgan fingerprint density at radius 2 is 1.16 bits per heavy atom. The van der Waals surface area contributed by atoms with Crippen LogP contribution in [0.1, 0.15) is 38.5 Å². The molecule has 0 spiro atoms. The van der Waals surface area contributed by atoms with Crippen molar-refractivity contribution in [3.05, 3.63) is 0 Å². The number of ether oxygens (including phenoxy) is 1. The molecule has 0 aromatic carbocycles. The summed E-state index contributed by atoms with van der Waals surface area (Å²) in [6, 6.07) is 2.08. The molecule has 2 N–H and O–H groups in total. The Hall–Kier alpha value is -0.160. The largest absolute Gasteiger partial charge is 0.381 e. The Morgan fingerprint density at radius 1 is 0.684 bits per heavy atom. The van der Waals surface area contributed by atoms with E-state index in [-0.39, 0.29) is 0 Å². The number of hydrogen-bond donors (Lipinski definition) is 1. The normalized spacial score (nSPS) is 36.5. The van der Waals surface area contributed by atoms with E-state index in [0.717, 1.165) is 25.3 Å². The minimum atomic E-state index is 0.472. The summed E-state index contributed by atoms with van der Waals surface area (Å²) in [5.74, 6) is 0. The maximum absolute atomic E-state index is 6.01. The highest BCUT2D eigenvalue weighted by Gasteiger charge is 2.30. The molecule has 110 valence electrons. The van der Waals surface area contributed by atoms with Gasteiger partial charge in [-0.2, -0.15) is 0 Å². The molecule has 19 heavy (non-hydrogen) atoms. The predicted octanol–water partition coefficient (Wildman–Crippen LogP) is 1.05. The van der Waals surface area contributed by atoms with Gasteiger partial charge in [0.15, 0.2) is 0 Å². The van der Waals surface area contributed by atoms with Crippen LogP contribution >= 0.6 is 0 Å². The third kappa shape index (κ3) is 3.48. The fourth-order valence-corrected chi connectivity index (χ4v) is 3.98. The van der Waals surface area contributed by atoms with Crippen LogP contribution in [-0.2, 0) is 4.74 Å². The Kier molecular flexibility index (Phi) is 4.74. The van der Waals surface area contributed by atoms with Crippen LogP contribution in [0.15, 0.2) is 0 Å². The van der Waals surface area contributed by atoms with Crippen LogP contribution in [0.25, 0.3) is 0 Å². The van der Waals surface area contributed by atoms with Crippen LogP contribution in [0.4, 0.5) is 0 Å². The van der Waals surface area contributed by atoms with Crippen molar-refractivity contribution in [2.75, 3.05) is 39.4 Å². The summed E-state index contributed by atoms with van der Waals surface area (Å²) in [6.45, 7) is 6.96. The highest BCUT2D eigenvalue weighted by Crippen LogP contribution is 2.24. The van der Waals surface area contributed by atoms with Crippen molar-refractivity contribution in [3.8, 4) is 0 Å². The van der Waals surface area contributed by atoms with E-state index < -0.39 is 0 Å². The molecule has 1 aliphatic carbocycles. The van der Waals surface area contributed by atoms with E-state index in [9.17, 15) is 0 Å². The first kappa shape index (κ1) is 13.8. The number of nitrogens with two attached hydrogens (primary N) is 1. The lowest BCUT2D eigenvalue weighted by Gasteiger charge is -2.44. The lowest BCUT2D eigenvalue weighted by atomic mass is 9.90. The first-order valence-corrected chi connectivity index (χ1v) is 8.14. The fraction of sp³-hybridized carbons (Fsp3) is 1.00. The third-order valence-corrected chi connectivity index (χ3v) is 5.31. The van der Waals surface area contributed by atoms with Gasteiger partial charge in [-0.15, -0.1) is 0 Å². The molecule has 3 rings (SSSR count). The molecule has 0 radical (unpaired) electrons. The van der Waals surface area contributed by atoms with E-state index in [1.807, 2.05) is 0 Å². The Bertz CT molecular complexity index is 265. The zero-order valence-electron chi connectivity index (χ0n) is 12.1. The van der Waals surface area contributed by atoms with Crippen molar-refractivity contribution in [1.29, 1.82) is 0 Å². The van der Waals surface area contributed by atoms with Gasteiger partial charge in [0.25, 0.3) is 0 Å². The van der Waals surface area contributed by atoms with Gasteiger partial charge in [-0.1, -0.05) is 0 Å². The monoisotopic (exact) mass is 267 g/mol. The second kappa shape index (κ2) is 6.53. The van der Waals surface area contributed by atoms with E-state index in [0.29, 0.717) is 6.04 Å². The van der Waals surface area contributed by atoms with Crippen LogP contribution in [0.3, 0.4) is 0 Å². The summed E-state index contributed by atoms with van der Waals surface area (Å²) in [6.07, 6.45) is 7.56. The highest BCUT2D eigenvalue weighted by molar-refractivity contribution is 4.86. The fourth-order valence-electron chi connectivity index (χ4n) is 3.98. The Balaban J connectivity index is 1.44. The average molecular weight is 267 g/mol. The minimum Gasteiger partial charge on any atom is -0.381 e. The quantitative estimate of drug-likeness (QED) is 0.812. The molecule has 0 amide bonds. The summed E-state index contributed by atoms with van der Waals surface area (Å²) in [5, 5.41) is 0. The first-order valence-electron chi connectivity index (χ1n) is 8.14. The summed E-state index contributed by atoms with van der Waals surface area (Å²) in [4.78, 5) is 5.43. The molecule has 4 nitrogen and oxygen atoms in total. The summed E-state index contributed by atoms with van der Waals surface area (Å²) < 4.78 is 5.47. The zero-order chi connectivity index (χ0) is 13.1. The smallest absolute Gasteiger partial charge is 0.0480 e. The number of piperazine rings is 1. The molecule has 3 aliphatic rings. The molecule has 3 fully saturated rings. The topological polar surface area (TPSA) is 41.7 Å². The standard InChI is InChI=1S/C15H29N3O/c16-13-1-3-14(4-2-13)17-7-9-18(10-8-17)15-5-11-19-12-6-15/h13-15H,1-12,16H2. The molecule has 0 atom stereocenters. The molecule has 2 saturated heterocycles. The van der Waals surface area contributed by atoms with Crippen molar-refractivity contribution >= 4 is 0 Å². The van der Waals surface area contributed by atoms with Gasteiger partial charge in [0, 0.05) is 57.5 Å². The molecule has 0 bridgehead atoms. The molecule has 0 aromatic heterocycles. The van der Waals surface area contributed by atoms with Crippen LogP contribution in [0, 0.1) is 0 Å². The maximum Gasteiger partial charge on any atom is 0.0480 e. The molecule has 0 aromatic rings. The van der Waals surface area contributed by atoms with Crippen molar-refractivity contribution in [1.82, 2.24) is 9.80 Å². The van der Waals surface area contributed by atoms with Crippen molar-refractivity contribution in [3.63, 3.8) is 0 Å². The van der Waals surface area contributed by atoms with E-state index >= 15 is 0 Å². The zero-order valence-corrected chi connectivity index (χ0v) is 12.1. The van der Waals surface area contributed by atoms with Gasteiger partial charge < -0.3 is 10.5 Å². The van der Waals surface area contributed by atoms with Gasteiger partial charge in [0.1, 0.15) is 0 Å². The predicted molar refractivity (Wildman–Crippen MR) is 77.2 cm³/mol. The van der Waals surface area contributed by atoms with Crippen LogP contribution in [0.2, 0.25) is 0 Å². The van der Waals surface area contributed by atoms with Gasteiger partial charge >= 0.3 is 0 Å². The van der Waals surface area contributed by atoms with Gasteiger partial charge in [-0.3, -0.25) is 9.80 Å². The van der Waals surface area contributed by atoms with Crippen molar-refractivity contribution in [2.45, 2.75) is 56.7 Å². The van der Waals surface area contributed by atoms with E-state index in [4.69, 9.17) is 10.5 Å². The number of hydrogen-bond acceptors (Lipinski definition) is 4. The summed E-state index contributed by atoms with van der Waals surface area (Å²) in [7, 11) is 0. The van der Waals surface area contributed by atoms with Gasteiger partial charge in [-0.05, 0) is 38.5 Å². The van der Waals surface area contributed by atoms with Gasteiger partial charge in [0.2, 0.25) is 0 Å². The molecule has 1 saturated carbocycles. The van der Waals surface area contributed by atoms with E-state index in [1.54, 1.807) is 0 Å². The lowest BCUT2D eigenvalue weighted by Crippen LogP contribution is -2.54. The van der Waals surface area contributed by atoms with Crippen LogP contribution < -0.4 is 5.73 Å². The van der Waals surface area contributed by atoms with Gasteiger partial charge in [0.05, 0.1) is 0 Å². The van der Waals surface area contributed by atoms with Crippen LogP contribution in [-0.4, -0.2) is 67.3 Å². The lowest BCUT2D eigenvalue weighted by molar-refractivity contribution is 0.00248.